The van der Waals surface area contributed by atoms with Crippen LogP contribution in [0.2, 0.25) is 0 Å². The van der Waals surface area contributed by atoms with E-state index in [9.17, 15) is 4.79 Å². The molecule has 0 saturated carbocycles. The topological polar surface area (TPSA) is 47.6 Å². The Hall–Kier alpha value is -2.17. The fourth-order valence-corrected chi connectivity index (χ4v) is 2.47. The molecule has 0 aliphatic rings. The molecule has 2 rings (SSSR count). The molecule has 0 aliphatic carbocycles. The van der Waals surface area contributed by atoms with Gasteiger partial charge in [-0.1, -0.05) is 60.7 Å². The van der Waals surface area contributed by atoms with Crippen molar-refractivity contribution in [1.82, 2.24) is 5.32 Å². The largest absolute Gasteiger partial charge is 0.456 e. The summed E-state index contributed by atoms with van der Waals surface area (Å²) >= 11 is 0. The fourth-order valence-electron chi connectivity index (χ4n) is 2.47. The van der Waals surface area contributed by atoms with E-state index >= 15 is 0 Å². The van der Waals surface area contributed by atoms with Gasteiger partial charge in [0.25, 0.3) is 0 Å². The SMILES string of the molecule is COC[C@H](NC[C@@H](OC(C)=O)c1ccccc1)c1ccccc1. The van der Waals surface area contributed by atoms with Crippen LogP contribution in [-0.4, -0.2) is 26.2 Å². The molecule has 2 aromatic carbocycles. The second-order valence-corrected chi connectivity index (χ2v) is 5.34. The molecule has 0 saturated heterocycles. The maximum atomic E-state index is 11.4. The summed E-state index contributed by atoms with van der Waals surface area (Å²) in [4.78, 5) is 11.4. The van der Waals surface area contributed by atoms with Gasteiger partial charge in [-0.25, -0.2) is 0 Å². The lowest BCUT2D eigenvalue weighted by atomic mass is 10.1. The number of hydrogen-bond acceptors (Lipinski definition) is 4. The van der Waals surface area contributed by atoms with Crippen molar-refractivity contribution in [3.8, 4) is 0 Å². The highest BCUT2D eigenvalue weighted by Gasteiger charge is 2.18. The summed E-state index contributed by atoms with van der Waals surface area (Å²) in [5.74, 6) is -0.288. The molecule has 0 radical (unpaired) electrons. The zero-order valence-electron chi connectivity index (χ0n) is 13.6. The molecular formula is C19H23NO3. The van der Waals surface area contributed by atoms with Crippen molar-refractivity contribution in [3.63, 3.8) is 0 Å². The Bertz CT molecular complexity index is 586. The quantitative estimate of drug-likeness (QED) is 0.760. The van der Waals surface area contributed by atoms with Gasteiger partial charge in [0.05, 0.1) is 12.6 Å². The first-order valence-corrected chi connectivity index (χ1v) is 7.70. The molecule has 0 aliphatic heterocycles. The Balaban J connectivity index is 2.07. The van der Waals surface area contributed by atoms with Crippen LogP contribution in [-0.2, 0) is 14.3 Å². The van der Waals surface area contributed by atoms with Crippen molar-refractivity contribution in [2.75, 3.05) is 20.3 Å². The minimum atomic E-state index is -0.322. The van der Waals surface area contributed by atoms with Gasteiger partial charge in [0.1, 0.15) is 6.10 Å². The minimum Gasteiger partial charge on any atom is -0.456 e. The van der Waals surface area contributed by atoms with Gasteiger partial charge < -0.3 is 14.8 Å². The molecule has 122 valence electrons. The van der Waals surface area contributed by atoms with Crippen molar-refractivity contribution < 1.29 is 14.3 Å². The Morgan fingerprint density at radius 1 is 1.00 bits per heavy atom. The van der Waals surface area contributed by atoms with E-state index in [0.29, 0.717) is 13.2 Å². The van der Waals surface area contributed by atoms with E-state index in [0.717, 1.165) is 11.1 Å². The second kappa shape index (κ2) is 9.08. The summed E-state index contributed by atoms with van der Waals surface area (Å²) in [6.45, 7) is 2.50. The lowest BCUT2D eigenvalue weighted by Crippen LogP contribution is -2.31. The monoisotopic (exact) mass is 313 g/mol. The summed E-state index contributed by atoms with van der Waals surface area (Å²) in [6, 6.07) is 19.9. The third kappa shape index (κ3) is 5.51. The molecule has 0 aromatic heterocycles. The predicted molar refractivity (Wildman–Crippen MR) is 90.0 cm³/mol. The van der Waals surface area contributed by atoms with Gasteiger partial charge in [-0.2, -0.15) is 0 Å². The van der Waals surface area contributed by atoms with E-state index < -0.39 is 0 Å². The first-order chi connectivity index (χ1) is 11.2. The molecule has 0 heterocycles. The maximum absolute atomic E-state index is 11.4. The maximum Gasteiger partial charge on any atom is 0.303 e. The smallest absolute Gasteiger partial charge is 0.303 e. The van der Waals surface area contributed by atoms with E-state index in [1.54, 1.807) is 7.11 Å². The van der Waals surface area contributed by atoms with Gasteiger partial charge in [0.15, 0.2) is 0 Å². The number of nitrogens with one attached hydrogen (secondary N) is 1. The van der Waals surface area contributed by atoms with E-state index in [1.165, 1.54) is 6.92 Å². The zero-order valence-corrected chi connectivity index (χ0v) is 13.6. The summed E-state index contributed by atoms with van der Waals surface area (Å²) in [5, 5.41) is 3.44. The molecule has 2 atom stereocenters. The third-order valence-corrected chi connectivity index (χ3v) is 3.56. The summed E-state index contributed by atoms with van der Waals surface area (Å²) in [7, 11) is 1.68. The molecule has 0 fully saturated rings. The second-order valence-electron chi connectivity index (χ2n) is 5.34. The van der Waals surface area contributed by atoms with Gasteiger partial charge >= 0.3 is 5.97 Å². The van der Waals surface area contributed by atoms with Gasteiger partial charge in [0.2, 0.25) is 0 Å². The molecule has 0 spiro atoms. The predicted octanol–water partition coefficient (Wildman–Crippen LogP) is 3.27. The number of rotatable bonds is 8. The van der Waals surface area contributed by atoms with Crippen molar-refractivity contribution in [3.05, 3.63) is 71.8 Å². The van der Waals surface area contributed by atoms with Crippen LogP contribution >= 0.6 is 0 Å². The van der Waals surface area contributed by atoms with Crippen LogP contribution in [0, 0.1) is 0 Å². The van der Waals surface area contributed by atoms with Crippen molar-refractivity contribution in [2.24, 2.45) is 0 Å². The number of hydrogen-bond donors (Lipinski definition) is 1. The van der Waals surface area contributed by atoms with E-state index in [-0.39, 0.29) is 18.1 Å². The highest BCUT2D eigenvalue weighted by molar-refractivity contribution is 5.66. The van der Waals surface area contributed by atoms with Crippen molar-refractivity contribution in [2.45, 2.75) is 19.1 Å². The summed E-state index contributed by atoms with van der Waals surface area (Å²) in [5.41, 5.74) is 2.11. The Kier molecular flexibility index (Phi) is 6.78. The standard InChI is InChI=1S/C19H23NO3/c1-15(21)23-19(17-11-7-4-8-12-17)13-20-18(14-22-2)16-9-5-3-6-10-16/h3-12,18-20H,13-14H2,1-2H3/t18-,19+/m0/s1. The number of carbonyl (C=O) groups excluding carboxylic acids is 1. The van der Waals surface area contributed by atoms with Crippen molar-refractivity contribution >= 4 is 5.97 Å². The molecule has 0 amide bonds. The average molecular weight is 313 g/mol. The first-order valence-electron chi connectivity index (χ1n) is 7.70. The number of methoxy groups -OCH3 is 1. The molecule has 2 aromatic rings. The lowest BCUT2D eigenvalue weighted by molar-refractivity contribution is -0.146. The van der Waals surface area contributed by atoms with Crippen LogP contribution in [0.4, 0.5) is 0 Å². The van der Waals surface area contributed by atoms with E-state index in [2.05, 4.69) is 17.4 Å². The Labute approximate surface area is 137 Å². The molecule has 4 heteroatoms. The van der Waals surface area contributed by atoms with Gasteiger partial charge in [-0.15, -0.1) is 0 Å². The normalized spacial score (nSPS) is 13.3. The third-order valence-electron chi connectivity index (χ3n) is 3.56. The number of carbonyl (C=O) groups is 1. The minimum absolute atomic E-state index is 0.0444. The molecule has 0 unspecified atom stereocenters. The summed E-state index contributed by atoms with van der Waals surface area (Å²) in [6.07, 6.45) is -0.322. The van der Waals surface area contributed by atoms with Crippen LogP contribution in [0.1, 0.15) is 30.2 Å². The highest BCUT2D eigenvalue weighted by atomic mass is 16.5. The first kappa shape index (κ1) is 17.2. The number of esters is 1. The average Bonchev–Trinajstić information content (AvgIpc) is 2.58. The van der Waals surface area contributed by atoms with Crippen LogP contribution < -0.4 is 5.32 Å². The van der Waals surface area contributed by atoms with Crippen LogP contribution in [0.3, 0.4) is 0 Å². The molecular weight excluding hydrogens is 290 g/mol. The van der Waals surface area contributed by atoms with Crippen LogP contribution in [0.25, 0.3) is 0 Å². The molecule has 0 bridgehead atoms. The van der Waals surface area contributed by atoms with Gasteiger partial charge in [0, 0.05) is 20.6 Å². The number of ether oxygens (including phenoxy) is 2. The van der Waals surface area contributed by atoms with E-state index in [4.69, 9.17) is 9.47 Å². The van der Waals surface area contributed by atoms with Crippen molar-refractivity contribution in [1.29, 1.82) is 0 Å². The van der Waals surface area contributed by atoms with Gasteiger partial charge in [-0.3, -0.25) is 4.79 Å². The Morgan fingerprint density at radius 3 is 2.09 bits per heavy atom. The lowest BCUT2D eigenvalue weighted by Gasteiger charge is -2.23. The van der Waals surface area contributed by atoms with E-state index in [1.807, 2.05) is 48.5 Å². The van der Waals surface area contributed by atoms with Crippen LogP contribution in [0.5, 0.6) is 0 Å². The fraction of sp³-hybridized carbons (Fsp3) is 0.316. The molecule has 23 heavy (non-hydrogen) atoms. The molecule has 4 nitrogen and oxygen atoms in total. The number of benzene rings is 2. The van der Waals surface area contributed by atoms with Gasteiger partial charge in [-0.05, 0) is 11.1 Å². The highest BCUT2D eigenvalue weighted by Crippen LogP contribution is 2.19. The summed E-state index contributed by atoms with van der Waals surface area (Å²) < 4.78 is 10.8. The van der Waals surface area contributed by atoms with Crippen LogP contribution in [0.15, 0.2) is 60.7 Å². The Morgan fingerprint density at radius 2 is 1.57 bits per heavy atom. The molecule has 1 N–H and O–H groups in total. The zero-order chi connectivity index (χ0) is 16.5.